The first-order valence-electron chi connectivity index (χ1n) is 10.0. The van der Waals surface area contributed by atoms with E-state index in [1.807, 2.05) is 38.1 Å². The van der Waals surface area contributed by atoms with Crippen molar-refractivity contribution in [2.24, 2.45) is 0 Å². The maximum atomic E-state index is 12.7. The van der Waals surface area contributed by atoms with E-state index in [1.165, 1.54) is 35.5 Å². The Hall–Kier alpha value is -2.18. The molecule has 2 aliphatic heterocycles. The van der Waals surface area contributed by atoms with Crippen molar-refractivity contribution in [2.75, 3.05) is 19.6 Å². The Balaban J connectivity index is 1.66. The fourth-order valence-corrected chi connectivity index (χ4v) is 4.56. The summed E-state index contributed by atoms with van der Waals surface area (Å²) in [6, 6.07) is 3.80. The van der Waals surface area contributed by atoms with Crippen molar-refractivity contribution in [2.45, 2.75) is 46.1 Å². The van der Waals surface area contributed by atoms with Gasteiger partial charge in [0.1, 0.15) is 5.70 Å². The number of thiophene rings is 1. The Bertz CT molecular complexity index is 798. The zero-order valence-electron chi connectivity index (χ0n) is 16.7. The van der Waals surface area contributed by atoms with Gasteiger partial charge in [-0.25, -0.2) is 4.79 Å². The second kappa shape index (κ2) is 9.85. The lowest BCUT2D eigenvalue weighted by Gasteiger charge is -2.18. The fraction of sp³-hybridized carbons (Fsp3) is 0.455. The smallest absolute Gasteiger partial charge is 0.303 e. The standard InChI is InChI=1S/C22H29N3O2S/c1-3-9-17(4-2)15-25-21(26)20(23-22(25)27)14-18-10-11-19(28-18)16-24-12-7-5-6-8-13-24/h3-4,9-11,14H,5-8,12-13,15-16H2,1-2H3,(H,23,27)/b9-3-,17-4+,20-14-. The Morgan fingerprint density at radius 3 is 2.57 bits per heavy atom. The van der Waals surface area contributed by atoms with Crippen molar-refractivity contribution in [1.82, 2.24) is 15.1 Å². The van der Waals surface area contributed by atoms with Gasteiger partial charge in [0, 0.05) is 16.3 Å². The topological polar surface area (TPSA) is 52.7 Å². The normalized spacial score (nSPS) is 21.0. The van der Waals surface area contributed by atoms with E-state index in [4.69, 9.17) is 0 Å². The molecule has 28 heavy (non-hydrogen) atoms. The minimum atomic E-state index is -0.360. The van der Waals surface area contributed by atoms with Crippen LogP contribution in [0.15, 0.2) is 41.6 Å². The van der Waals surface area contributed by atoms with Crippen molar-refractivity contribution in [3.63, 3.8) is 0 Å². The van der Waals surface area contributed by atoms with Crippen LogP contribution in [-0.4, -0.2) is 41.4 Å². The van der Waals surface area contributed by atoms with E-state index in [0.717, 1.165) is 30.1 Å². The molecule has 0 aromatic carbocycles. The van der Waals surface area contributed by atoms with Gasteiger partial charge in [0.25, 0.3) is 5.91 Å². The average molecular weight is 400 g/mol. The van der Waals surface area contributed by atoms with E-state index >= 15 is 0 Å². The third-order valence-electron chi connectivity index (χ3n) is 5.10. The zero-order chi connectivity index (χ0) is 19.9. The molecule has 0 unspecified atom stereocenters. The first-order valence-corrected chi connectivity index (χ1v) is 10.9. The lowest BCUT2D eigenvalue weighted by atomic mass is 10.2. The SMILES string of the molecule is C/C=C\C(=C/C)CN1C(=O)N/C(=C\c2ccc(CN3CCCCCC3)s2)C1=O. The molecule has 2 fully saturated rings. The van der Waals surface area contributed by atoms with Crippen LogP contribution in [0, 0.1) is 0 Å². The van der Waals surface area contributed by atoms with Crippen molar-refractivity contribution in [1.29, 1.82) is 0 Å². The number of carbonyl (C=O) groups excluding carboxylic acids is 2. The van der Waals surface area contributed by atoms with Crippen molar-refractivity contribution >= 4 is 29.4 Å². The van der Waals surface area contributed by atoms with Crippen molar-refractivity contribution < 1.29 is 9.59 Å². The highest BCUT2D eigenvalue weighted by Gasteiger charge is 2.33. The molecule has 150 valence electrons. The van der Waals surface area contributed by atoms with Crippen LogP contribution in [0.4, 0.5) is 4.79 Å². The van der Waals surface area contributed by atoms with Gasteiger partial charge in [0.2, 0.25) is 0 Å². The van der Waals surface area contributed by atoms with Crippen LogP contribution in [0.3, 0.4) is 0 Å². The molecule has 3 heterocycles. The van der Waals surface area contributed by atoms with Gasteiger partial charge in [-0.1, -0.05) is 31.1 Å². The molecule has 1 aromatic heterocycles. The predicted octanol–water partition coefficient (Wildman–Crippen LogP) is 4.54. The van der Waals surface area contributed by atoms with E-state index in [1.54, 1.807) is 17.4 Å². The van der Waals surface area contributed by atoms with Crippen molar-refractivity contribution in [3.8, 4) is 0 Å². The summed E-state index contributed by atoms with van der Waals surface area (Å²) in [5.74, 6) is -0.267. The highest BCUT2D eigenvalue weighted by Crippen LogP contribution is 2.24. The third kappa shape index (κ3) is 5.20. The second-order valence-electron chi connectivity index (χ2n) is 7.24. The monoisotopic (exact) mass is 399 g/mol. The molecule has 0 aliphatic carbocycles. The van der Waals surface area contributed by atoms with Gasteiger partial charge < -0.3 is 5.32 Å². The van der Waals surface area contributed by atoms with Crippen LogP contribution in [0.5, 0.6) is 0 Å². The summed E-state index contributed by atoms with van der Waals surface area (Å²) in [6.45, 7) is 7.40. The van der Waals surface area contributed by atoms with Gasteiger partial charge in [-0.15, -0.1) is 11.3 Å². The quantitative estimate of drug-likeness (QED) is 0.434. The number of hydrogen-bond acceptors (Lipinski definition) is 4. The minimum Gasteiger partial charge on any atom is -0.303 e. The molecule has 0 saturated carbocycles. The van der Waals surface area contributed by atoms with Crippen LogP contribution in [0.2, 0.25) is 0 Å². The molecular weight excluding hydrogens is 370 g/mol. The minimum absolute atomic E-state index is 0.267. The number of hydrogen-bond donors (Lipinski definition) is 1. The van der Waals surface area contributed by atoms with Crippen LogP contribution in [0.25, 0.3) is 6.08 Å². The predicted molar refractivity (Wildman–Crippen MR) is 115 cm³/mol. The maximum Gasteiger partial charge on any atom is 0.329 e. The zero-order valence-corrected chi connectivity index (χ0v) is 17.6. The molecule has 3 rings (SSSR count). The molecular formula is C22H29N3O2S. The maximum absolute atomic E-state index is 12.7. The number of imide groups is 1. The van der Waals surface area contributed by atoms with E-state index in [9.17, 15) is 9.59 Å². The first kappa shape index (κ1) is 20.6. The van der Waals surface area contributed by atoms with Crippen LogP contribution in [0.1, 0.15) is 49.3 Å². The summed E-state index contributed by atoms with van der Waals surface area (Å²) in [5.41, 5.74) is 1.28. The van der Waals surface area contributed by atoms with E-state index in [0.29, 0.717) is 5.70 Å². The highest BCUT2D eigenvalue weighted by molar-refractivity contribution is 7.12. The Morgan fingerprint density at radius 1 is 1.14 bits per heavy atom. The number of amides is 3. The highest BCUT2D eigenvalue weighted by atomic mass is 32.1. The molecule has 1 N–H and O–H groups in total. The summed E-state index contributed by atoms with van der Waals surface area (Å²) in [6.07, 6.45) is 12.7. The molecule has 0 radical (unpaired) electrons. The molecule has 2 aliphatic rings. The van der Waals surface area contributed by atoms with Crippen LogP contribution < -0.4 is 5.32 Å². The fourth-order valence-electron chi connectivity index (χ4n) is 3.57. The van der Waals surface area contributed by atoms with E-state index < -0.39 is 0 Å². The first-order chi connectivity index (χ1) is 13.6. The number of rotatable bonds is 6. The van der Waals surface area contributed by atoms with Crippen LogP contribution >= 0.6 is 11.3 Å². The van der Waals surface area contributed by atoms with Gasteiger partial charge in [-0.2, -0.15) is 0 Å². The number of carbonyl (C=O) groups is 2. The van der Waals surface area contributed by atoms with Crippen LogP contribution in [-0.2, 0) is 11.3 Å². The molecule has 0 spiro atoms. The molecule has 3 amide bonds. The Morgan fingerprint density at radius 2 is 1.89 bits per heavy atom. The van der Waals surface area contributed by atoms with Gasteiger partial charge in [0.15, 0.2) is 0 Å². The number of nitrogens with zero attached hydrogens (tertiary/aromatic N) is 2. The second-order valence-corrected chi connectivity index (χ2v) is 8.44. The molecule has 0 bridgehead atoms. The summed E-state index contributed by atoms with van der Waals surface area (Å²) < 4.78 is 0. The van der Waals surface area contributed by atoms with Crippen molar-refractivity contribution in [3.05, 3.63) is 51.4 Å². The molecule has 0 atom stereocenters. The number of nitrogens with one attached hydrogen (secondary N) is 1. The van der Waals surface area contributed by atoms with Gasteiger partial charge in [0.05, 0.1) is 6.54 Å². The summed E-state index contributed by atoms with van der Waals surface area (Å²) in [4.78, 5) is 31.0. The Kier molecular flexibility index (Phi) is 7.23. The molecule has 1 aromatic rings. The average Bonchev–Trinajstić information content (AvgIpc) is 3.10. The summed E-state index contributed by atoms with van der Waals surface area (Å²) >= 11 is 1.69. The third-order valence-corrected chi connectivity index (χ3v) is 6.12. The number of allylic oxidation sites excluding steroid dienone is 2. The van der Waals surface area contributed by atoms with Gasteiger partial charge in [-0.05, 0) is 63.6 Å². The number of urea groups is 1. The molecule has 5 nitrogen and oxygen atoms in total. The molecule has 2 saturated heterocycles. The van der Waals surface area contributed by atoms with E-state index in [-0.39, 0.29) is 18.5 Å². The largest absolute Gasteiger partial charge is 0.329 e. The summed E-state index contributed by atoms with van der Waals surface area (Å²) in [7, 11) is 0. The number of likely N-dealkylation sites (tertiary alicyclic amines) is 1. The Labute approximate surface area is 171 Å². The lowest BCUT2D eigenvalue weighted by molar-refractivity contribution is -0.122. The molecule has 6 heteroatoms. The summed E-state index contributed by atoms with van der Waals surface area (Å²) in [5, 5.41) is 2.72. The van der Waals surface area contributed by atoms with E-state index in [2.05, 4.69) is 16.3 Å². The van der Waals surface area contributed by atoms with Gasteiger partial charge in [-0.3, -0.25) is 14.6 Å². The lowest BCUT2D eigenvalue weighted by Crippen LogP contribution is -2.32. The van der Waals surface area contributed by atoms with Gasteiger partial charge >= 0.3 is 6.03 Å².